The molecule has 6 heteroatoms. The van der Waals surface area contributed by atoms with E-state index in [-0.39, 0.29) is 6.54 Å². The zero-order valence-electron chi connectivity index (χ0n) is 5.89. The van der Waals surface area contributed by atoms with E-state index in [1.54, 1.807) is 0 Å². The topological polar surface area (TPSA) is 84.0 Å². The smallest absolute Gasteiger partial charge is 0.304 e. The summed E-state index contributed by atoms with van der Waals surface area (Å²) < 4.78 is 9.65. The van der Waals surface area contributed by atoms with Gasteiger partial charge in [0, 0.05) is 4.91 Å². The minimum atomic E-state index is 0.111. The van der Waals surface area contributed by atoms with Gasteiger partial charge in [-0.2, -0.15) is 0 Å². The lowest BCUT2D eigenvalue weighted by Crippen LogP contribution is -1.77. The molecule has 1 aromatic rings. The van der Waals surface area contributed by atoms with Gasteiger partial charge in [-0.05, 0) is 5.53 Å². The molecule has 1 heterocycles. The summed E-state index contributed by atoms with van der Waals surface area (Å²) >= 11 is 0. The molecule has 0 unspecified atom stereocenters. The van der Waals surface area contributed by atoms with Crippen molar-refractivity contribution in [2.45, 2.75) is 6.54 Å². The van der Waals surface area contributed by atoms with Gasteiger partial charge in [-0.15, -0.1) is 0 Å². The van der Waals surface area contributed by atoms with Crippen LogP contribution in [0, 0.1) is 0 Å². The fraction of sp³-hybridized carbons (Fsp3) is 0.400. The average Bonchev–Trinajstić information content (AvgIpc) is 2.48. The van der Waals surface area contributed by atoms with Crippen LogP contribution < -0.4 is 4.74 Å². The molecule has 6 nitrogen and oxygen atoms in total. The van der Waals surface area contributed by atoms with Crippen molar-refractivity contribution in [3.05, 3.63) is 22.5 Å². The summed E-state index contributed by atoms with van der Waals surface area (Å²) in [5.41, 5.74) is 7.95. The van der Waals surface area contributed by atoms with Crippen molar-refractivity contribution >= 4 is 0 Å². The number of rotatable bonds is 3. The number of methoxy groups -OCH3 is 1. The van der Waals surface area contributed by atoms with E-state index in [2.05, 4.69) is 15.0 Å². The van der Waals surface area contributed by atoms with Crippen LogP contribution in [0.4, 0.5) is 0 Å². The van der Waals surface area contributed by atoms with E-state index in [0.717, 1.165) is 0 Å². The van der Waals surface area contributed by atoms with Gasteiger partial charge in [0.05, 0.1) is 7.11 Å². The third-order valence-corrected chi connectivity index (χ3v) is 1.00. The fourth-order valence-corrected chi connectivity index (χ4v) is 0.553. The van der Waals surface area contributed by atoms with E-state index in [1.165, 1.54) is 13.3 Å². The zero-order chi connectivity index (χ0) is 8.10. The molecule has 0 saturated carbocycles. The van der Waals surface area contributed by atoms with Crippen molar-refractivity contribution < 1.29 is 9.15 Å². The number of ether oxygens (including phenoxy) is 1. The number of hydrogen-bond acceptors (Lipinski definition) is 4. The fourth-order valence-electron chi connectivity index (χ4n) is 0.553. The Morgan fingerprint density at radius 3 is 3.27 bits per heavy atom. The van der Waals surface area contributed by atoms with Crippen LogP contribution in [-0.2, 0) is 6.54 Å². The van der Waals surface area contributed by atoms with Crippen LogP contribution in [0.25, 0.3) is 10.4 Å². The molecule has 0 saturated heterocycles. The summed E-state index contributed by atoms with van der Waals surface area (Å²) in [7, 11) is 1.47. The van der Waals surface area contributed by atoms with Crippen molar-refractivity contribution in [2.24, 2.45) is 5.11 Å². The normalized spacial score (nSPS) is 8.82. The second kappa shape index (κ2) is 3.48. The van der Waals surface area contributed by atoms with Crippen molar-refractivity contribution in [2.75, 3.05) is 7.11 Å². The third kappa shape index (κ3) is 1.87. The van der Waals surface area contributed by atoms with Crippen molar-refractivity contribution in [3.8, 4) is 5.95 Å². The zero-order valence-corrected chi connectivity index (χ0v) is 5.89. The highest BCUT2D eigenvalue weighted by Gasteiger charge is 2.00. The largest absolute Gasteiger partial charge is 0.467 e. The van der Waals surface area contributed by atoms with E-state index < -0.39 is 0 Å². The van der Waals surface area contributed by atoms with Crippen LogP contribution in [0.3, 0.4) is 0 Å². The summed E-state index contributed by atoms with van der Waals surface area (Å²) in [4.78, 5) is 6.32. The maximum absolute atomic E-state index is 7.95. The van der Waals surface area contributed by atoms with Crippen LogP contribution in [0.5, 0.6) is 5.95 Å². The lowest BCUT2D eigenvalue weighted by molar-refractivity contribution is 0.293. The predicted octanol–water partition coefficient (Wildman–Crippen LogP) is 1.49. The highest BCUT2D eigenvalue weighted by molar-refractivity contribution is 4.99. The molecule has 0 N–H and O–H groups in total. The summed E-state index contributed by atoms with van der Waals surface area (Å²) in [5.74, 6) is 0.660. The molecule has 0 radical (unpaired) electrons. The quantitative estimate of drug-likeness (QED) is 0.375. The van der Waals surface area contributed by atoms with Crippen LogP contribution in [0.1, 0.15) is 5.89 Å². The van der Waals surface area contributed by atoms with E-state index in [4.69, 9.17) is 14.7 Å². The van der Waals surface area contributed by atoms with Gasteiger partial charge in [-0.3, -0.25) is 0 Å². The molecule has 0 aliphatic rings. The number of nitrogens with zero attached hydrogens (tertiary/aromatic N) is 4. The lowest BCUT2D eigenvalue weighted by atomic mass is 10.7. The number of hydrogen-bond donors (Lipinski definition) is 0. The first-order chi connectivity index (χ1) is 5.36. The van der Waals surface area contributed by atoms with Gasteiger partial charge in [0.15, 0.2) is 0 Å². The van der Waals surface area contributed by atoms with Crippen LogP contribution in [0.2, 0.25) is 0 Å². The van der Waals surface area contributed by atoms with Gasteiger partial charge in [-0.1, -0.05) is 5.11 Å². The molecule has 11 heavy (non-hydrogen) atoms. The Balaban J connectivity index is 2.64. The second-order valence-corrected chi connectivity index (χ2v) is 1.67. The van der Waals surface area contributed by atoms with Crippen molar-refractivity contribution in [3.63, 3.8) is 0 Å². The lowest BCUT2D eigenvalue weighted by Gasteiger charge is -1.87. The van der Waals surface area contributed by atoms with E-state index >= 15 is 0 Å². The van der Waals surface area contributed by atoms with Gasteiger partial charge in [0.2, 0.25) is 5.89 Å². The molecule has 0 aliphatic heterocycles. The van der Waals surface area contributed by atoms with Crippen LogP contribution in [-0.4, -0.2) is 12.1 Å². The first-order valence-electron chi connectivity index (χ1n) is 2.86. The molecular formula is C5H6N4O2. The molecule has 1 aromatic heterocycles. The minimum absolute atomic E-state index is 0.111. The Hall–Kier alpha value is -1.68. The number of oxazole rings is 1. The van der Waals surface area contributed by atoms with E-state index in [1.807, 2.05) is 0 Å². The Morgan fingerprint density at radius 2 is 2.73 bits per heavy atom. The first-order valence-corrected chi connectivity index (χ1v) is 2.86. The third-order valence-electron chi connectivity index (χ3n) is 1.00. The molecule has 0 amide bonds. The van der Waals surface area contributed by atoms with Crippen molar-refractivity contribution in [1.82, 2.24) is 4.98 Å². The van der Waals surface area contributed by atoms with Gasteiger partial charge in [0.25, 0.3) is 0 Å². The number of azide groups is 1. The van der Waals surface area contributed by atoms with Gasteiger partial charge >= 0.3 is 5.95 Å². The van der Waals surface area contributed by atoms with Crippen LogP contribution in [0.15, 0.2) is 15.7 Å². The summed E-state index contributed by atoms with van der Waals surface area (Å²) in [6.07, 6.45) is 1.42. The minimum Gasteiger partial charge on any atom is -0.467 e. The molecule has 0 aromatic carbocycles. The van der Waals surface area contributed by atoms with Gasteiger partial charge < -0.3 is 9.15 Å². The molecule has 0 bridgehead atoms. The molecule has 0 atom stereocenters. The van der Waals surface area contributed by atoms with E-state index in [0.29, 0.717) is 11.8 Å². The Labute approximate surface area is 62.4 Å². The Morgan fingerprint density at radius 1 is 1.91 bits per heavy atom. The first kappa shape index (κ1) is 7.43. The van der Waals surface area contributed by atoms with E-state index in [9.17, 15) is 0 Å². The Kier molecular flexibility index (Phi) is 2.35. The second-order valence-electron chi connectivity index (χ2n) is 1.67. The molecule has 58 valence electrons. The molecule has 0 spiro atoms. The molecule has 0 aliphatic carbocycles. The standard InChI is InChI=1S/C5H6N4O2/c1-10-5-3-7-4(11-5)2-8-9-6/h3H,2H2,1H3. The predicted molar refractivity (Wildman–Crippen MR) is 35.9 cm³/mol. The maximum Gasteiger partial charge on any atom is 0.304 e. The number of aromatic nitrogens is 1. The maximum atomic E-state index is 7.95. The van der Waals surface area contributed by atoms with Gasteiger partial charge in [0.1, 0.15) is 12.7 Å². The highest BCUT2D eigenvalue weighted by atomic mass is 16.6. The average molecular weight is 154 g/mol. The summed E-state index contributed by atoms with van der Waals surface area (Å²) in [5, 5.41) is 3.26. The monoisotopic (exact) mass is 154 g/mol. The highest BCUT2D eigenvalue weighted by Crippen LogP contribution is 2.11. The molecular weight excluding hydrogens is 148 g/mol. The van der Waals surface area contributed by atoms with Crippen molar-refractivity contribution in [1.29, 1.82) is 0 Å². The SMILES string of the molecule is COc1cnc(CN=[N+]=[N-])o1. The molecule has 0 fully saturated rings. The van der Waals surface area contributed by atoms with Crippen LogP contribution >= 0.6 is 0 Å². The summed E-state index contributed by atoms with van der Waals surface area (Å²) in [6, 6.07) is 0. The molecule has 1 rings (SSSR count). The Bertz CT molecular complexity index is 276. The summed E-state index contributed by atoms with van der Waals surface area (Å²) in [6.45, 7) is 0.111. The van der Waals surface area contributed by atoms with Gasteiger partial charge in [-0.25, -0.2) is 4.98 Å².